The smallest absolute Gasteiger partial charge is 0.331 e. The lowest BCUT2D eigenvalue weighted by atomic mass is 10.0. The summed E-state index contributed by atoms with van der Waals surface area (Å²) in [4.78, 5) is 22.1. The van der Waals surface area contributed by atoms with Crippen molar-refractivity contribution in [3.05, 3.63) is 12.2 Å². The molecule has 0 saturated heterocycles. The van der Waals surface area contributed by atoms with Gasteiger partial charge in [0.05, 0.1) is 0 Å². The first-order valence-electron chi connectivity index (χ1n) is 9.71. The van der Waals surface area contributed by atoms with Gasteiger partial charge >= 0.3 is 11.9 Å². The Balaban J connectivity index is 3.98. The summed E-state index contributed by atoms with van der Waals surface area (Å²) < 4.78 is 5.42. The molecule has 4 nitrogen and oxygen atoms in total. The van der Waals surface area contributed by atoms with Gasteiger partial charge in [-0.3, -0.25) is 0 Å². The third-order valence-electron chi connectivity index (χ3n) is 4.15. The molecule has 0 aromatic rings. The maximum Gasteiger partial charge on any atom is 0.331 e. The van der Waals surface area contributed by atoms with Crippen molar-refractivity contribution in [2.24, 2.45) is 0 Å². The number of hydrogen-bond acceptors (Lipinski definition) is 3. The van der Waals surface area contributed by atoms with E-state index in [1.807, 2.05) is 0 Å². The third-order valence-corrected chi connectivity index (χ3v) is 4.15. The molecule has 0 saturated carbocycles. The van der Waals surface area contributed by atoms with Crippen LogP contribution in [0.2, 0.25) is 0 Å². The van der Waals surface area contributed by atoms with Crippen molar-refractivity contribution in [1.29, 1.82) is 0 Å². The van der Waals surface area contributed by atoms with Gasteiger partial charge < -0.3 is 9.84 Å². The van der Waals surface area contributed by atoms with Crippen LogP contribution in [0.15, 0.2) is 12.2 Å². The highest BCUT2D eigenvalue weighted by Gasteiger charge is 2.12. The van der Waals surface area contributed by atoms with Crippen molar-refractivity contribution < 1.29 is 19.4 Å². The summed E-state index contributed by atoms with van der Waals surface area (Å²) in [5, 5.41) is 8.55. The minimum atomic E-state index is -1.13. The highest BCUT2D eigenvalue weighted by Crippen LogP contribution is 2.16. The predicted molar refractivity (Wildman–Crippen MR) is 98.0 cm³/mol. The number of carbonyl (C=O) groups is 2. The molecule has 4 heteroatoms. The lowest BCUT2D eigenvalue weighted by Gasteiger charge is -2.17. The van der Waals surface area contributed by atoms with Crippen LogP contribution in [0, 0.1) is 0 Å². The molecule has 140 valence electrons. The van der Waals surface area contributed by atoms with Crippen LogP contribution in [0.5, 0.6) is 0 Å². The number of hydrogen-bond donors (Lipinski definition) is 1. The Morgan fingerprint density at radius 3 is 1.79 bits per heavy atom. The van der Waals surface area contributed by atoms with Crippen LogP contribution in [-0.4, -0.2) is 23.1 Å². The summed E-state index contributed by atoms with van der Waals surface area (Å²) >= 11 is 0. The summed E-state index contributed by atoms with van der Waals surface area (Å²) in [6.07, 6.45) is 16.9. The predicted octanol–water partition coefficient (Wildman–Crippen LogP) is 5.65. The van der Waals surface area contributed by atoms with E-state index in [-0.39, 0.29) is 6.10 Å². The molecular weight excluding hydrogens is 304 g/mol. The van der Waals surface area contributed by atoms with Gasteiger partial charge in [-0.15, -0.1) is 0 Å². The highest BCUT2D eigenvalue weighted by molar-refractivity contribution is 5.90. The molecule has 0 aromatic carbocycles. The minimum absolute atomic E-state index is 0.0809. The Bertz CT molecular complexity index is 350. The molecule has 0 aliphatic carbocycles. The Morgan fingerprint density at radius 2 is 1.25 bits per heavy atom. The normalized spacial score (nSPS) is 12.4. The molecule has 0 rings (SSSR count). The Labute approximate surface area is 147 Å². The van der Waals surface area contributed by atoms with Crippen LogP contribution in [0.3, 0.4) is 0 Å². The fourth-order valence-corrected chi connectivity index (χ4v) is 2.73. The zero-order valence-corrected chi connectivity index (χ0v) is 15.6. The Hall–Kier alpha value is -1.32. The van der Waals surface area contributed by atoms with Crippen molar-refractivity contribution in [2.45, 2.75) is 103 Å². The van der Waals surface area contributed by atoms with E-state index in [0.29, 0.717) is 0 Å². The SMILES string of the molecule is CCCCCCCCCCC(CCCCC)OC(=O)C=CC(=O)O. The van der Waals surface area contributed by atoms with E-state index < -0.39 is 11.9 Å². The average Bonchev–Trinajstić information content (AvgIpc) is 2.55. The molecule has 0 fully saturated rings. The molecular formula is C20H36O4. The van der Waals surface area contributed by atoms with Gasteiger partial charge in [0, 0.05) is 12.2 Å². The van der Waals surface area contributed by atoms with E-state index in [4.69, 9.17) is 9.84 Å². The molecule has 1 unspecified atom stereocenters. The van der Waals surface area contributed by atoms with Gasteiger partial charge in [-0.25, -0.2) is 9.59 Å². The van der Waals surface area contributed by atoms with Crippen molar-refractivity contribution in [3.8, 4) is 0 Å². The van der Waals surface area contributed by atoms with Gasteiger partial charge in [-0.05, 0) is 25.7 Å². The van der Waals surface area contributed by atoms with Gasteiger partial charge in [-0.2, -0.15) is 0 Å². The van der Waals surface area contributed by atoms with Crippen molar-refractivity contribution >= 4 is 11.9 Å². The number of carboxylic acid groups (broad SMARTS) is 1. The zero-order chi connectivity index (χ0) is 18.0. The first-order valence-corrected chi connectivity index (χ1v) is 9.71. The van der Waals surface area contributed by atoms with Crippen molar-refractivity contribution in [2.75, 3.05) is 0 Å². The second-order valence-electron chi connectivity index (χ2n) is 6.49. The Kier molecular flexibility index (Phi) is 15.6. The van der Waals surface area contributed by atoms with Crippen LogP contribution in [-0.2, 0) is 14.3 Å². The second-order valence-corrected chi connectivity index (χ2v) is 6.49. The summed E-state index contributed by atoms with van der Waals surface area (Å²) in [6.45, 7) is 4.38. The first-order chi connectivity index (χ1) is 11.6. The van der Waals surface area contributed by atoms with E-state index in [1.165, 1.54) is 44.9 Å². The molecule has 0 aliphatic rings. The van der Waals surface area contributed by atoms with E-state index >= 15 is 0 Å². The summed E-state index contributed by atoms with van der Waals surface area (Å²) in [7, 11) is 0. The molecule has 1 N–H and O–H groups in total. The summed E-state index contributed by atoms with van der Waals surface area (Å²) in [6, 6.07) is 0. The number of carboxylic acids is 1. The lowest BCUT2D eigenvalue weighted by Crippen LogP contribution is -2.17. The standard InChI is InChI=1S/C20H36O4/c1-3-5-7-8-9-10-11-13-15-18(14-12-6-4-2)24-20(23)17-16-19(21)22/h16-18H,3-15H2,1-2H3,(H,21,22). The number of esters is 1. The van der Waals surface area contributed by atoms with Gasteiger partial charge in [0.1, 0.15) is 6.10 Å². The number of ether oxygens (including phenoxy) is 1. The average molecular weight is 341 g/mol. The highest BCUT2D eigenvalue weighted by atomic mass is 16.5. The topological polar surface area (TPSA) is 63.6 Å². The lowest BCUT2D eigenvalue weighted by molar-refractivity contribution is -0.144. The van der Waals surface area contributed by atoms with E-state index in [1.54, 1.807) is 0 Å². The molecule has 0 spiro atoms. The zero-order valence-electron chi connectivity index (χ0n) is 15.6. The van der Waals surface area contributed by atoms with Crippen LogP contribution in [0.25, 0.3) is 0 Å². The molecule has 0 heterocycles. The van der Waals surface area contributed by atoms with Gasteiger partial charge in [-0.1, -0.05) is 71.6 Å². The number of rotatable bonds is 16. The van der Waals surface area contributed by atoms with Crippen LogP contribution >= 0.6 is 0 Å². The van der Waals surface area contributed by atoms with Crippen LogP contribution in [0.4, 0.5) is 0 Å². The first kappa shape index (κ1) is 22.7. The fourth-order valence-electron chi connectivity index (χ4n) is 2.73. The monoisotopic (exact) mass is 340 g/mol. The number of aliphatic carboxylic acids is 1. The van der Waals surface area contributed by atoms with Crippen molar-refractivity contribution in [3.63, 3.8) is 0 Å². The minimum Gasteiger partial charge on any atom is -0.478 e. The molecule has 0 amide bonds. The van der Waals surface area contributed by atoms with Crippen molar-refractivity contribution in [1.82, 2.24) is 0 Å². The van der Waals surface area contributed by atoms with E-state index in [0.717, 1.165) is 50.7 Å². The maximum atomic E-state index is 11.7. The van der Waals surface area contributed by atoms with Gasteiger partial charge in [0.15, 0.2) is 0 Å². The summed E-state index contributed by atoms with van der Waals surface area (Å²) in [5.41, 5.74) is 0. The number of carbonyl (C=O) groups excluding carboxylic acids is 1. The fraction of sp³-hybridized carbons (Fsp3) is 0.800. The molecule has 24 heavy (non-hydrogen) atoms. The quantitative estimate of drug-likeness (QED) is 0.224. The molecule has 0 bridgehead atoms. The maximum absolute atomic E-state index is 11.7. The van der Waals surface area contributed by atoms with E-state index in [9.17, 15) is 9.59 Å². The van der Waals surface area contributed by atoms with Crippen LogP contribution < -0.4 is 0 Å². The third kappa shape index (κ3) is 15.6. The number of unbranched alkanes of at least 4 members (excludes halogenated alkanes) is 9. The largest absolute Gasteiger partial charge is 0.478 e. The molecule has 0 radical (unpaired) electrons. The summed E-state index contributed by atoms with van der Waals surface area (Å²) in [5.74, 6) is -1.67. The Morgan fingerprint density at radius 1 is 0.792 bits per heavy atom. The van der Waals surface area contributed by atoms with Gasteiger partial charge in [0.25, 0.3) is 0 Å². The second kappa shape index (κ2) is 16.5. The van der Waals surface area contributed by atoms with E-state index in [2.05, 4.69) is 13.8 Å². The van der Waals surface area contributed by atoms with Gasteiger partial charge in [0.2, 0.25) is 0 Å². The van der Waals surface area contributed by atoms with Crippen LogP contribution in [0.1, 0.15) is 97.3 Å². The molecule has 0 aromatic heterocycles. The molecule has 0 aliphatic heterocycles. The molecule has 1 atom stereocenters.